The van der Waals surface area contributed by atoms with E-state index in [0.717, 1.165) is 19.6 Å². The summed E-state index contributed by atoms with van der Waals surface area (Å²) in [7, 11) is -3.54. The smallest absolute Gasteiger partial charge is 0.240 e. The van der Waals surface area contributed by atoms with Crippen LogP contribution in [0.1, 0.15) is 26.2 Å². The molecule has 6 nitrogen and oxygen atoms in total. The number of sulfonamides is 1. The SMILES string of the molecule is CC(CNC(=O)CCNS(=O)(=O)c1ccccc1)CN1CCCC1. The Morgan fingerprint density at radius 3 is 2.54 bits per heavy atom. The Kier molecular flexibility index (Phi) is 7.20. The molecule has 1 heterocycles. The van der Waals surface area contributed by atoms with Crippen LogP contribution in [-0.2, 0) is 14.8 Å². The van der Waals surface area contributed by atoms with Crippen molar-refractivity contribution in [2.45, 2.75) is 31.1 Å². The van der Waals surface area contributed by atoms with Crippen LogP contribution < -0.4 is 10.0 Å². The molecule has 7 heteroatoms. The fourth-order valence-electron chi connectivity index (χ4n) is 2.83. The van der Waals surface area contributed by atoms with Crippen LogP contribution in [0.3, 0.4) is 0 Å². The largest absolute Gasteiger partial charge is 0.356 e. The highest BCUT2D eigenvalue weighted by Gasteiger charge is 2.16. The first-order valence-electron chi connectivity index (χ1n) is 8.51. The first-order valence-corrected chi connectivity index (χ1v) is 9.99. The lowest BCUT2D eigenvalue weighted by atomic mass is 10.1. The van der Waals surface area contributed by atoms with Crippen LogP contribution in [0.5, 0.6) is 0 Å². The molecule has 24 heavy (non-hydrogen) atoms. The van der Waals surface area contributed by atoms with Gasteiger partial charge < -0.3 is 10.2 Å². The first-order chi connectivity index (χ1) is 11.5. The van der Waals surface area contributed by atoms with Crippen LogP contribution in [-0.4, -0.2) is 51.9 Å². The van der Waals surface area contributed by atoms with E-state index in [1.165, 1.54) is 25.0 Å². The molecule has 2 rings (SSSR count). The monoisotopic (exact) mass is 353 g/mol. The van der Waals surface area contributed by atoms with E-state index in [9.17, 15) is 13.2 Å². The molecule has 2 N–H and O–H groups in total. The highest BCUT2D eigenvalue weighted by Crippen LogP contribution is 2.10. The van der Waals surface area contributed by atoms with Crippen molar-refractivity contribution in [3.63, 3.8) is 0 Å². The fraction of sp³-hybridized carbons (Fsp3) is 0.588. The molecule has 1 unspecified atom stereocenters. The topological polar surface area (TPSA) is 78.5 Å². The summed E-state index contributed by atoms with van der Waals surface area (Å²) < 4.78 is 26.5. The van der Waals surface area contributed by atoms with Gasteiger partial charge in [0.05, 0.1) is 4.90 Å². The van der Waals surface area contributed by atoms with Crippen LogP contribution in [0, 0.1) is 5.92 Å². The molecule has 1 saturated heterocycles. The molecule has 1 aromatic rings. The maximum Gasteiger partial charge on any atom is 0.240 e. The minimum atomic E-state index is -3.54. The van der Waals surface area contributed by atoms with Crippen molar-refractivity contribution in [2.75, 3.05) is 32.7 Å². The van der Waals surface area contributed by atoms with Gasteiger partial charge in [-0.05, 0) is 44.0 Å². The van der Waals surface area contributed by atoms with Crippen molar-refractivity contribution in [1.29, 1.82) is 0 Å². The Morgan fingerprint density at radius 2 is 1.88 bits per heavy atom. The van der Waals surface area contributed by atoms with E-state index in [1.54, 1.807) is 18.2 Å². The van der Waals surface area contributed by atoms with E-state index < -0.39 is 10.0 Å². The summed E-state index contributed by atoms with van der Waals surface area (Å²) in [6.07, 6.45) is 2.67. The van der Waals surface area contributed by atoms with Gasteiger partial charge in [0.2, 0.25) is 15.9 Å². The quantitative estimate of drug-likeness (QED) is 0.699. The summed E-state index contributed by atoms with van der Waals surface area (Å²) in [6, 6.07) is 8.16. The summed E-state index contributed by atoms with van der Waals surface area (Å²) in [5.74, 6) is 0.270. The molecule has 1 fully saturated rings. The second-order valence-corrected chi connectivity index (χ2v) is 8.14. The summed E-state index contributed by atoms with van der Waals surface area (Å²) in [5.41, 5.74) is 0. The molecule has 0 aliphatic carbocycles. The molecule has 134 valence electrons. The molecule has 1 amide bonds. The second kappa shape index (κ2) is 9.15. The van der Waals surface area contributed by atoms with Crippen LogP contribution >= 0.6 is 0 Å². The van der Waals surface area contributed by atoms with Gasteiger partial charge in [-0.25, -0.2) is 13.1 Å². The number of amides is 1. The van der Waals surface area contributed by atoms with Gasteiger partial charge in [-0.15, -0.1) is 0 Å². The fourth-order valence-corrected chi connectivity index (χ4v) is 3.88. The Labute approximate surface area is 144 Å². The van der Waals surface area contributed by atoms with E-state index >= 15 is 0 Å². The zero-order chi connectivity index (χ0) is 17.4. The number of hydrogen-bond donors (Lipinski definition) is 2. The van der Waals surface area contributed by atoms with Gasteiger partial charge in [0.1, 0.15) is 0 Å². The lowest BCUT2D eigenvalue weighted by molar-refractivity contribution is -0.121. The maximum atomic E-state index is 12.0. The Balaban J connectivity index is 1.64. The summed E-state index contributed by atoms with van der Waals surface area (Å²) in [5, 5.41) is 2.88. The molecular formula is C17H27N3O3S. The molecule has 0 spiro atoms. The maximum absolute atomic E-state index is 12.0. The molecule has 1 aliphatic heterocycles. The minimum Gasteiger partial charge on any atom is -0.356 e. The Morgan fingerprint density at radius 1 is 1.21 bits per heavy atom. The van der Waals surface area contributed by atoms with Gasteiger partial charge in [0.25, 0.3) is 0 Å². The van der Waals surface area contributed by atoms with E-state index in [2.05, 4.69) is 21.9 Å². The standard InChI is InChI=1S/C17H27N3O3S/c1-15(14-20-11-5-6-12-20)13-18-17(21)9-10-19-24(22,23)16-7-3-2-4-8-16/h2-4,7-8,15,19H,5-6,9-14H2,1H3,(H,18,21). The number of hydrogen-bond acceptors (Lipinski definition) is 4. The third-order valence-corrected chi connectivity index (χ3v) is 5.59. The zero-order valence-electron chi connectivity index (χ0n) is 14.2. The summed E-state index contributed by atoms with van der Waals surface area (Å²) in [4.78, 5) is 14.5. The van der Waals surface area contributed by atoms with Crippen molar-refractivity contribution >= 4 is 15.9 Å². The van der Waals surface area contributed by atoms with E-state index in [1.807, 2.05) is 0 Å². The average molecular weight is 353 g/mol. The van der Waals surface area contributed by atoms with E-state index in [4.69, 9.17) is 0 Å². The van der Waals surface area contributed by atoms with Gasteiger partial charge in [0, 0.05) is 26.1 Å². The molecule has 0 bridgehead atoms. The van der Waals surface area contributed by atoms with Crippen LogP contribution in [0.25, 0.3) is 0 Å². The minimum absolute atomic E-state index is 0.101. The molecule has 0 radical (unpaired) electrons. The van der Waals surface area contributed by atoms with Gasteiger partial charge in [-0.1, -0.05) is 25.1 Å². The first kappa shape index (κ1) is 18.9. The predicted molar refractivity (Wildman–Crippen MR) is 94.1 cm³/mol. The molecule has 1 aromatic carbocycles. The lowest BCUT2D eigenvalue weighted by Crippen LogP contribution is -2.36. The molecule has 1 aliphatic rings. The number of carbonyl (C=O) groups excluding carboxylic acids is 1. The van der Waals surface area contributed by atoms with E-state index in [-0.39, 0.29) is 23.8 Å². The zero-order valence-corrected chi connectivity index (χ0v) is 15.0. The third-order valence-electron chi connectivity index (χ3n) is 4.11. The number of likely N-dealkylation sites (tertiary alicyclic amines) is 1. The predicted octanol–water partition coefficient (Wildman–Crippen LogP) is 1.20. The van der Waals surface area contributed by atoms with Gasteiger partial charge in [-0.3, -0.25) is 4.79 Å². The van der Waals surface area contributed by atoms with Crippen LogP contribution in [0.15, 0.2) is 35.2 Å². The Hall–Kier alpha value is -1.44. The van der Waals surface area contributed by atoms with Gasteiger partial charge in [0.15, 0.2) is 0 Å². The van der Waals surface area contributed by atoms with Crippen molar-refractivity contribution in [1.82, 2.24) is 14.9 Å². The Bertz CT molecular complexity index is 613. The van der Waals surface area contributed by atoms with E-state index in [0.29, 0.717) is 12.5 Å². The van der Waals surface area contributed by atoms with Crippen LogP contribution in [0.4, 0.5) is 0 Å². The number of rotatable bonds is 9. The molecular weight excluding hydrogens is 326 g/mol. The van der Waals surface area contributed by atoms with Crippen LogP contribution in [0.2, 0.25) is 0 Å². The second-order valence-electron chi connectivity index (χ2n) is 6.38. The van der Waals surface area contributed by atoms with Crippen molar-refractivity contribution in [3.05, 3.63) is 30.3 Å². The highest BCUT2D eigenvalue weighted by atomic mass is 32.2. The highest BCUT2D eigenvalue weighted by molar-refractivity contribution is 7.89. The third kappa shape index (κ3) is 6.22. The van der Waals surface area contributed by atoms with Crippen molar-refractivity contribution in [2.24, 2.45) is 5.92 Å². The van der Waals surface area contributed by atoms with Gasteiger partial charge >= 0.3 is 0 Å². The normalized spacial score (nSPS) is 16.9. The molecule has 0 saturated carbocycles. The lowest BCUT2D eigenvalue weighted by Gasteiger charge is -2.20. The average Bonchev–Trinajstić information content (AvgIpc) is 3.06. The molecule has 0 aromatic heterocycles. The van der Waals surface area contributed by atoms with Crippen molar-refractivity contribution < 1.29 is 13.2 Å². The molecule has 1 atom stereocenters. The van der Waals surface area contributed by atoms with Gasteiger partial charge in [-0.2, -0.15) is 0 Å². The number of benzene rings is 1. The number of carbonyl (C=O) groups is 1. The number of nitrogens with one attached hydrogen (secondary N) is 2. The number of nitrogens with zero attached hydrogens (tertiary/aromatic N) is 1. The summed E-state index contributed by atoms with van der Waals surface area (Å²) in [6.45, 7) is 6.15. The van der Waals surface area contributed by atoms with Crippen molar-refractivity contribution in [3.8, 4) is 0 Å². The summed E-state index contributed by atoms with van der Waals surface area (Å²) >= 11 is 0.